The van der Waals surface area contributed by atoms with Gasteiger partial charge in [0.25, 0.3) is 0 Å². The number of ether oxygens (including phenoxy) is 1. The fraction of sp³-hybridized carbons (Fsp3) is 0.625. The normalized spacial score (nSPS) is 14.3. The first kappa shape index (κ1) is 16.0. The average molecular weight is 268 g/mol. The fourth-order valence-electron chi connectivity index (χ4n) is 1.50. The van der Waals surface area contributed by atoms with E-state index in [0.717, 1.165) is 5.56 Å². The van der Waals surface area contributed by atoms with Gasteiger partial charge in [0.1, 0.15) is 11.6 Å². The van der Waals surface area contributed by atoms with Gasteiger partial charge in [-0.05, 0) is 37.0 Å². The Balaban J connectivity index is 2.83. The maximum Gasteiger partial charge on any atom is 0.127 e. The van der Waals surface area contributed by atoms with Gasteiger partial charge in [-0.1, -0.05) is 27.7 Å². The molecule has 0 aliphatic rings. The van der Waals surface area contributed by atoms with Crippen LogP contribution in [0.2, 0.25) is 0 Å². The highest BCUT2D eigenvalue weighted by Crippen LogP contribution is 2.28. The van der Waals surface area contributed by atoms with Gasteiger partial charge < -0.3 is 9.84 Å². The zero-order valence-electron chi connectivity index (χ0n) is 12.7. The van der Waals surface area contributed by atoms with Gasteiger partial charge in [-0.15, -0.1) is 0 Å². The molecule has 1 aromatic carbocycles. The molecule has 0 aromatic heterocycles. The van der Waals surface area contributed by atoms with Crippen LogP contribution in [0.3, 0.4) is 0 Å². The van der Waals surface area contributed by atoms with Gasteiger partial charge in [0, 0.05) is 12.0 Å². The van der Waals surface area contributed by atoms with Crippen LogP contribution in [0.1, 0.15) is 47.1 Å². The summed E-state index contributed by atoms with van der Waals surface area (Å²) in [6.45, 7) is 11.8. The second-order valence-electron chi connectivity index (χ2n) is 6.79. The van der Waals surface area contributed by atoms with E-state index in [2.05, 4.69) is 0 Å². The third-order valence-corrected chi connectivity index (χ3v) is 3.44. The minimum Gasteiger partial charge on any atom is -0.493 e. The molecule has 0 radical (unpaired) electrons. The van der Waals surface area contributed by atoms with E-state index in [1.54, 1.807) is 13.8 Å². The van der Waals surface area contributed by atoms with Crippen LogP contribution in [-0.4, -0.2) is 17.3 Å². The standard InChI is InChI=1S/C16H25FO2/c1-11(16(5,6)18)10-19-14-8-12(15(2,3)4)7-13(17)9-14/h7-9,11,18H,10H2,1-6H3. The molecule has 1 N–H and O–H groups in total. The number of benzene rings is 1. The summed E-state index contributed by atoms with van der Waals surface area (Å²) in [7, 11) is 0. The molecule has 1 atom stereocenters. The molecule has 0 saturated carbocycles. The Morgan fingerprint density at radius 2 is 1.74 bits per heavy atom. The molecule has 0 aliphatic carbocycles. The monoisotopic (exact) mass is 268 g/mol. The van der Waals surface area contributed by atoms with Crippen LogP contribution in [-0.2, 0) is 5.41 Å². The van der Waals surface area contributed by atoms with Crippen molar-refractivity contribution >= 4 is 0 Å². The Morgan fingerprint density at radius 3 is 2.21 bits per heavy atom. The van der Waals surface area contributed by atoms with E-state index in [-0.39, 0.29) is 17.2 Å². The summed E-state index contributed by atoms with van der Waals surface area (Å²) in [5, 5.41) is 9.85. The molecule has 0 aliphatic heterocycles. The van der Waals surface area contributed by atoms with Gasteiger partial charge in [0.05, 0.1) is 12.2 Å². The lowest BCUT2D eigenvalue weighted by atomic mass is 9.87. The molecule has 19 heavy (non-hydrogen) atoms. The van der Waals surface area contributed by atoms with E-state index >= 15 is 0 Å². The summed E-state index contributed by atoms with van der Waals surface area (Å²) in [5.74, 6) is 0.188. The number of halogens is 1. The van der Waals surface area contributed by atoms with E-state index in [1.807, 2.05) is 33.8 Å². The van der Waals surface area contributed by atoms with Crippen LogP contribution in [0.25, 0.3) is 0 Å². The van der Waals surface area contributed by atoms with Crippen molar-refractivity contribution in [3.8, 4) is 5.75 Å². The third kappa shape index (κ3) is 4.83. The number of aliphatic hydroxyl groups is 1. The van der Waals surface area contributed by atoms with Crippen molar-refractivity contribution in [3.63, 3.8) is 0 Å². The summed E-state index contributed by atoms with van der Waals surface area (Å²) in [6, 6.07) is 4.78. The number of rotatable bonds is 4. The molecule has 0 heterocycles. The Hall–Kier alpha value is -1.09. The van der Waals surface area contributed by atoms with Crippen molar-refractivity contribution < 1.29 is 14.2 Å². The maximum atomic E-state index is 13.6. The predicted molar refractivity (Wildman–Crippen MR) is 76.1 cm³/mol. The molecular weight excluding hydrogens is 243 g/mol. The van der Waals surface area contributed by atoms with Crippen LogP contribution >= 0.6 is 0 Å². The largest absolute Gasteiger partial charge is 0.493 e. The molecule has 0 spiro atoms. The Kier molecular flexibility index (Phi) is 4.62. The van der Waals surface area contributed by atoms with Crippen molar-refractivity contribution in [1.82, 2.24) is 0 Å². The highest BCUT2D eigenvalue weighted by atomic mass is 19.1. The van der Waals surface area contributed by atoms with E-state index in [0.29, 0.717) is 12.4 Å². The highest BCUT2D eigenvalue weighted by molar-refractivity contribution is 5.33. The van der Waals surface area contributed by atoms with Gasteiger partial charge in [-0.25, -0.2) is 4.39 Å². The third-order valence-electron chi connectivity index (χ3n) is 3.44. The second kappa shape index (κ2) is 5.49. The van der Waals surface area contributed by atoms with Crippen molar-refractivity contribution in [1.29, 1.82) is 0 Å². The first-order valence-corrected chi connectivity index (χ1v) is 6.66. The summed E-state index contributed by atoms with van der Waals surface area (Å²) >= 11 is 0. The van der Waals surface area contributed by atoms with E-state index < -0.39 is 5.60 Å². The second-order valence-corrected chi connectivity index (χ2v) is 6.79. The molecule has 0 bridgehead atoms. The first-order valence-electron chi connectivity index (χ1n) is 6.66. The van der Waals surface area contributed by atoms with E-state index in [1.165, 1.54) is 12.1 Å². The molecule has 3 heteroatoms. The van der Waals surface area contributed by atoms with E-state index in [4.69, 9.17) is 4.74 Å². The summed E-state index contributed by atoms with van der Waals surface area (Å²) in [5.41, 5.74) is -0.0270. The van der Waals surface area contributed by atoms with Gasteiger partial charge in [0.2, 0.25) is 0 Å². The molecule has 0 amide bonds. The SMILES string of the molecule is CC(COc1cc(F)cc(C(C)(C)C)c1)C(C)(C)O. The number of hydrogen-bond acceptors (Lipinski definition) is 2. The molecule has 1 unspecified atom stereocenters. The van der Waals surface area contributed by atoms with Crippen LogP contribution in [0.4, 0.5) is 4.39 Å². The van der Waals surface area contributed by atoms with Gasteiger partial charge in [-0.3, -0.25) is 0 Å². The summed E-state index contributed by atoms with van der Waals surface area (Å²) in [4.78, 5) is 0. The van der Waals surface area contributed by atoms with Crippen molar-refractivity contribution in [2.45, 2.75) is 52.6 Å². The van der Waals surface area contributed by atoms with Crippen LogP contribution in [0.5, 0.6) is 5.75 Å². The Morgan fingerprint density at radius 1 is 1.16 bits per heavy atom. The lowest BCUT2D eigenvalue weighted by molar-refractivity contribution is 0.00489. The van der Waals surface area contributed by atoms with Gasteiger partial charge >= 0.3 is 0 Å². The molecule has 0 saturated heterocycles. The quantitative estimate of drug-likeness (QED) is 0.897. The van der Waals surface area contributed by atoms with E-state index in [9.17, 15) is 9.50 Å². The zero-order chi connectivity index (χ0) is 14.8. The smallest absolute Gasteiger partial charge is 0.127 e. The molecular formula is C16H25FO2. The molecule has 0 fully saturated rings. The highest BCUT2D eigenvalue weighted by Gasteiger charge is 2.23. The summed E-state index contributed by atoms with van der Waals surface area (Å²) < 4.78 is 19.2. The minimum atomic E-state index is -0.805. The van der Waals surface area contributed by atoms with Crippen molar-refractivity contribution in [2.24, 2.45) is 5.92 Å². The average Bonchev–Trinajstić information content (AvgIpc) is 2.22. The van der Waals surface area contributed by atoms with Gasteiger partial charge in [0.15, 0.2) is 0 Å². The van der Waals surface area contributed by atoms with Gasteiger partial charge in [-0.2, -0.15) is 0 Å². The predicted octanol–water partition coefficient (Wildman–Crippen LogP) is 3.91. The number of hydrogen-bond donors (Lipinski definition) is 1. The lowest BCUT2D eigenvalue weighted by Gasteiger charge is -2.26. The Labute approximate surface area is 115 Å². The maximum absolute atomic E-state index is 13.6. The fourth-order valence-corrected chi connectivity index (χ4v) is 1.50. The molecule has 108 valence electrons. The zero-order valence-corrected chi connectivity index (χ0v) is 12.7. The molecule has 1 aromatic rings. The van der Waals surface area contributed by atoms with Crippen LogP contribution in [0, 0.1) is 11.7 Å². The first-order chi connectivity index (χ1) is 8.50. The summed E-state index contributed by atoms with van der Waals surface area (Å²) in [6.07, 6.45) is 0. The van der Waals surface area contributed by atoms with Crippen LogP contribution in [0.15, 0.2) is 18.2 Å². The molecule has 1 rings (SSSR count). The van der Waals surface area contributed by atoms with Crippen molar-refractivity contribution in [3.05, 3.63) is 29.6 Å². The molecule has 2 nitrogen and oxygen atoms in total. The van der Waals surface area contributed by atoms with Crippen LogP contribution < -0.4 is 4.74 Å². The topological polar surface area (TPSA) is 29.5 Å². The van der Waals surface area contributed by atoms with Crippen molar-refractivity contribution in [2.75, 3.05) is 6.61 Å². The lowest BCUT2D eigenvalue weighted by Crippen LogP contribution is -2.32. The minimum absolute atomic E-state index is 0.0335. The Bertz CT molecular complexity index is 427.